The lowest BCUT2D eigenvalue weighted by Gasteiger charge is -2.28. The van der Waals surface area contributed by atoms with E-state index in [1.165, 1.54) is 0 Å². The molecule has 2 amide bonds. The summed E-state index contributed by atoms with van der Waals surface area (Å²) in [6.45, 7) is 8.74. The molecule has 2 aromatic carbocycles. The van der Waals surface area contributed by atoms with Crippen molar-refractivity contribution in [3.8, 4) is 22.5 Å². The van der Waals surface area contributed by atoms with Crippen LogP contribution in [0.3, 0.4) is 0 Å². The number of nitrogens with zero attached hydrogens (tertiary/aromatic N) is 4. The van der Waals surface area contributed by atoms with Gasteiger partial charge < -0.3 is 19.7 Å². The molecular weight excluding hydrogens is 562 g/mol. The minimum atomic E-state index is -0.416. The van der Waals surface area contributed by atoms with Crippen LogP contribution in [0.25, 0.3) is 22.5 Å². The largest absolute Gasteiger partial charge is 0.462 e. The summed E-state index contributed by atoms with van der Waals surface area (Å²) < 4.78 is 12.4. The van der Waals surface area contributed by atoms with Crippen molar-refractivity contribution in [2.24, 2.45) is 5.92 Å². The first-order valence-electron chi connectivity index (χ1n) is 15.1. The third kappa shape index (κ3) is 8.37. The second-order valence-corrected chi connectivity index (χ2v) is 11.3. The van der Waals surface area contributed by atoms with Crippen LogP contribution < -0.4 is 10.2 Å². The third-order valence-corrected chi connectivity index (χ3v) is 7.22. The van der Waals surface area contributed by atoms with Crippen LogP contribution in [-0.2, 0) is 41.7 Å². The Bertz CT molecular complexity index is 1480. The molecule has 0 fully saturated rings. The molecule has 4 rings (SSSR count). The third-order valence-electron chi connectivity index (χ3n) is 7.22. The molecule has 1 aromatic heterocycles. The number of carbonyl (C=O) groups excluding carboxylic acids is 4. The number of hydrogen-bond donors (Lipinski definition) is 1. The van der Waals surface area contributed by atoms with Crippen molar-refractivity contribution in [3.05, 3.63) is 54.1 Å². The standard InChI is InChI=1S/C33H41N5O6/c1-22(2)28(39)16-19-43-18-9-17-34-29(40)14-15-30(41)37-20-24-10-5-6-11-25(24)33-32(26-12-7-8-13-27(26)37)35-36-38(33)21-31(42)44-23(3)4/h5-8,10-13,22-23H,9,14-21H2,1-4H3,(H,34,40). The van der Waals surface area contributed by atoms with Gasteiger partial charge in [0.1, 0.15) is 18.0 Å². The number of ether oxygens (including phenoxy) is 2. The Morgan fingerprint density at radius 2 is 1.64 bits per heavy atom. The van der Waals surface area contributed by atoms with Crippen molar-refractivity contribution >= 4 is 29.3 Å². The molecule has 0 saturated carbocycles. The van der Waals surface area contributed by atoms with Gasteiger partial charge in [0.2, 0.25) is 11.8 Å². The first kappa shape index (κ1) is 32.5. The van der Waals surface area contributed by atoms with Crippen LogP contribution in [0, 0.1) is 5.92 Å². The van der Waals surface area contributed by atoms with Gasteiger partial charge in [0.25, 0.3) is 0 Å². The topological polar surface area (TPSA) is 133 Å². The first-order chi connectivity index (χ1) is 21.2. The summed E-state index contributed by atoms with van der Waals surface area (Å²) in [5, 5.41) is 11.6. The minimum Gasteiger partial charge on any atom is -0.462 e. The zero-order valence-electron chi connectivity index (χ0n) is 25.9. The van der Waals surface area contributed by atoms with E-state index >= 15 is 0 Å². The Morgan fingerprint density at radius 1 is 0.909 bits per heavy atom. The van der Waals surface area contributed by atoms with E-state index in [1.54, 1.807) is 23.4 Å². The molecule has 3 aromatic rings. The summed E-state index contributed by atoms with van der Waals surface area (Å²) in [4.78, 5) is 52.1. The number of carbonyl (C=O) groups is 4. The van der Waals surface area contributed by atoms with Gasteiger partial charge in [-0.1, -0.05) is 61.5 Å². The van der Waals surface area contributed by atoms with Crippen LogP contribution in [0.1, 0.15) is 58.9 Å². The number of para-hydroxylation sites is 1. The predicted molar refractivity (Wildman–Crippen MR) is 165 cm³/mol. The highest BCUT2D eigenvalue weighted by Crippen LogP contribution is 2.41. The first-order valence-corrected chi connectivity index (χ1v) is 15.1. The number of esters is 1. The fourth-order valence-corrected chi connectivity index (χ4v) is 4.98. The number of rotatable bonds is 14. The molecule has 1 aliphatic heterocycles. The summed E-state index contributed by atoms with van der Waals surface area (Å²) in [5.41, 5.74) is 4.25. The van der Waals surface area contributed by atoms with Crippen LogP contribution in [-0.4, -0.2) is 64.4 Å². The number of nitrogens with one attached hydrogen (secondary N) is 1. The Hall–Kier alpha value is -4.38. The van der Waals surface area contributed by atoms with Gasteiger partial charge in [-0.3, -0.25) is 19.2 Å². The maximum atomic E-state index is 13.7. The fraction of sp³-hybridized carbons (Fsp3) is 0.455. The van der Waals surface area contributed by atoms with Gasteiger partial charge in [-0.05, 0) is 31.9 Å². The van der Waals surface area contributed by atoms with Gasteiger partial charge >= 0.3 is 5.97 Å². The smallest absolute Gasteiger partial charge is 0.328 e. The molecule has 1 N–H and O–H groups in total. The molecule has 0 unspecified atom stereocenters. The van der Waals surface area contributed by atoms with Crippen LogP contribution in [0.15, 0.2) is 48.5 Å². The van der Waals surface area contributed by atoms with E-state index < -0.39 is 5.97 Å². The van der Waals surface area contributed by atoms with Gasteiger partial charge in [0.05, 0.1) is 30.6 Å². The van der Waals surface area contributed by atoms with E-state index in [1.807, 2.05) is 62.4 Å². The molecule has 0 radical (unpaired) electrons. The summed E-state index contributed by atoms with van der Waals surface area (Å²) in [5.74, 6) is -0.655. The van der Waals surface area contributed by atoms with E-state index in [2.05, 4.69) is 15.6 Å². The van der Waals surface area contributed by atoms with Crippen molar-refractivity contribution in [1.82, 2.24) is 20.3 Å². The van der Waals surface area contributed by atoms with Crippen molar-refractivity contribution in [2.75, 3.05) is 24.7 Å². The number of amides is 2. The second kappa shape index (κ2) is 15.4. The van der Waals surface area contributed by atoms with Gasteiger partial charge in [-0.15, -0.1) is 5.10 Å². The highest BCUT2D eigenvalue weighted by atomic mass is 16.5. The maximum Gasteiger partial charge on any atom is 0.328 e. The van der Waals surface area contributed by atoms with E-state index in [9.17, 15) is 19.2 Å². The molecular formula is C33H41N5O6. The molecule has 1 aliphatic rings. The van der Waals surface area contributed by atoms with Crippen molar-refractivity contribution in [2.45, 2.75) is 72.6 Å². The molecule has 44 heavy (non-hydrogen) atoms. The number of ketones is 1. The van der Waals surface area contributed by atoms with Gasteiger partial charge in [-0.25, -0.2) is 4.68 Å². The summed E-state index contributed by atoms with van der Waals surface area (Å²) in [6.07, 6.45) is 0.820. The Kier molecular flexibility index (Phi) is 11.4. The monoisotopic (exact) mass is 603 g/mol. The summed E-state index contributed by atoms with van der Waals surface area (Å²) in [6, 6.07) is 15.1. The van der Waals surface area contributed by atoms with Crippen LogP contribution >= 0.6 is 0 Å². The average molecular weight is 604 g/mol. The number of anilines is 1. The SMILES string of the molecule is CC(C)OC(=O)Cn1nnc2c1-c1ccccc1CN(C(=O)CCC(=O)NCCCOCCC(=O)C(C)C)c1ccccc1-2. The molecule has 0 spiro atoms. The average Bonchev–Trinajstić information content (AvgIpc) is 3.39. The maximum absolute atomic E-state index is 13.7. The number of Topliss-reactive ketones (excluding diaryl/α,β-unsaturated/α-hetero) is 1. The predicted octanol–water partition coefficient (Wildman–Crippen LogP) is 4.33. The summed E-state index contributed by atoms with van der Waals surface area (Å²) >= 11 is 0. The van der Waals surface area contributed by atoms with E-state index in [0.717, 1.165) is 11.1 Å². The highest BCUT2D eigenvalue weighted by molar-refractivity contribution is 6.01. The van der Waals surface area contributed by atoms with Crippen LogP contribution in [0.2, 0.25) is 0 Å². The zero-order valence-corrected chi connectivity index (χ0v) is 25.9. The number of benzene rings is 2. The molecule has 0 bridgehead atoms. The number of fused-ring (bicyclic) bond motifs is 5. The van der Waals surface area contributed by atoms with Gasteiger partial charge in [0.15, 0.2) is 0 Å². The molecule has 0 atom stereocenters. The Morgan fingerprint density at radius 3 is 2.39 bits per heavy atom. The lowest BCUT2D eigenvalue weighted by molar-refractivity contribution is -0.148. The van der Waals surface area contributed by atoms with Crippen molar-refractivity contribution < 1.29 is 28.7 Å². The van der Waals surface area contributed by atoms with E-state index in [4.69, 9.17) is 9.47 Å². The van der Waals surface area contributed by atoms with Gasteiger partial charge in [-0.2, -0.15) is 0 Å². The van der Waals surface area contributed by atoms with Gasteiger partial charge in [0, 0.05) is 49.5 Å². The molecule has 0 aliphatic carbocycles. The lowest BCUT2D eigenvalue weighted by Crippen LogP contribution is -2.33. The molecule has 234 valence electrons. The van der Waals surface area contributed by atoms with E-state index in [0.29, 0.717) is 55.2 Å². The second-order valence-electron chi connectivity index (χ2n) is 11.3. The van der Waals surface area contributed by atoms with Crippen LogP contribution in [0.5, 0.6) is 0 Å². The van der Waals surface area contributed by atoms with Crippen molar-refractivity contribution in [1.29, 1.82) is 0 Å². The molecule has 11 nitrogen and oxygen atoms in total. The minimum absolute atomic E-state index is 0.00243. The quantitative estimate of drug-likeness (QED) is 0.213. The van der Waals surface area contributed by atoms with Crippen LogP contribution in [0.4, 0.5) is 5.69 Å². The fourth-order valence-electron chi connectivity index (χ4n) is 4.98. The molecule has 0 saturated heterocycles. The Balaban J connectivity index is 1.44. The normalized spacial score (nSPS) is 12.2. The zero-order chi connectivity index (χ0) is 31.6. The number of hydrogen-bond acceptors (Lipinski definition) is 8. The number of aromatic nitrogens is 3. The molecule has 2 heterocycles. The highest BCUT2D eigenvalue weighted by Gasteiger charge is 2.29. The van der Waals surface area contributed by atoms with E-state index in [-0.39, 0.29) is 55.6 Å². The summed E-state index contributed by atoms with van der Waals surface area (Å²) in [7, 11) is 0. The van der Waals surface area contributed by atoms with Crippen molar-refractivity contribution in [3.63, 3.8) is 0 Å². The lowest BCUT2D eigenvalue weighted by atomic mass is 9.95. The Labute approximate surface area is 257 Å². The molecule has 11 heteroatoms.